The number of nitrogens with one attached hydrogen (secondary N) is 2. The third kappa shape index (κ3) is 3.52. The van der Waals surface area contributed by atoms with Crippen LogP contribution < -0.4 is 4.90 Å². The highest BCUT2D eigenvalue weighted by atomic mass is 16.5. The third-order valence-corrected chi connectivity index (χ3v) is 9.16. The van der Waals surface area contributed by atoms with Crippen LogP contribution in [-0.2, 0) is 22.4 Å². The molecule has 2 aromatic heterocycles. The maximum Gasteiger partial charge on any atom is 0.244 e. The molecule has 8 nitrogen and oxygen atoms in total. The number of likely N-dealkylation sites (N-methyl/N-ethyl adjacent to an activating group) is 1. The van der Waals surface area contributed by atoms with Gasteiger partial charge in [0.2, 0.25) is 5.91 Å². The molecular formula is C27H36N6O2. The van der Waals surface area contributed by atoms with Crippen LogP contribution in [0.3, 0.4) is 0 Å². The maximum atomic E-state index is 13.5. The molecule has 1 amide bonds. The number of aryl methyl sites for hydroxylation is 1. The van der Waals surface area contributed by atoms with Crippen molar-refractivity contribution in [2.45, 2.75) is 53.5 Å². The van der Waals surface area contributed by atoms with Crippen molar-refractivity contribution in [3.63, 3.8) is 0 Å². The molecule has 0 radical (unpaired) electrons. The fraction of sp³-hybridized carbons (Fsp3) is 0.593. The lowest BCUT2D eigenvalue weighted by Crippen LogP contribution is -2.51. The van der Waals surface area contributed by atoms with E-state index in [0.717, 1.165) is 71.6 Å². The van der Waals surface area contributed by atoms with Crippen LogP contribution in [0.1, 0.15) is 44.5 Å². The second-order valence-corrected chi connectivity index (χ2v) is 11.0. The van der Waals surface area contributed by atoms with Crippen LogP contribution in [0.4, 0.5) is 5.69 Å². The number of anilines is 1. The van der Waals surface area contributed by atoms with Crippen molar-refractivity contribution in [3.05, 3.63) is 29.0 Å². The fourth-order valence-corrected chi connectivity index (χ4v) is 6.52. The number of imidazole rings is 1. The van der Waals surface area contributed by atoms with Gasteiger partial charge in [-0.2, -0.15) is 5.10 Å². The summed E-state index contributed by atoms with van der Waals surface area (Å²) in [4.78, 5) is 26.1. The van der Waals surface area contributed by atoms with E-state index in [4.69, 9.17) is 9.72 Å². The Labute approximate surface area is 206 Å². The number of carbonyl (C=O) groups excluding carboxylic acids is 1. The highest BCUT2D eigenvalue weighted by Crippen LogP contribution is 2.64. The molecule has 35 heavy (non-hydrogen) atoms. The van der Waals surface area contributed by atoms with Crippen molar-refractivity contribution in [1.29, 1.82) is 0 Å². The number of H-pyrrole nitrogens is 2. The molecule has 0 bridgehead atoms. The first-order valence-corrected chi connectivity index (χ1v) is 13.0. The molecule has 3 heterocycles. The molecule has 3 aliphatic rings. The number of carbonyl (C=O) groups is 1. The number of hydrogen-bond acceptors (Lipinski definition) is 5. The second-order valence-electron chi connectivity index (χ2n) is 11.0. The molecule has 2 aliphatic carbocycles. The van der Waals surface area contributed by atoms with E-state index in [9.17, 15) is 4.79 Å². The number of rotatable bonds is 5. The minimum Gasteiger partial charge on any atom is -0.379 e. The Kier molecular flexibility index (Phi) is 5.30. The Morgan fingerprint density at radius 3 is 2.86 bits per heavy atom. The summed E-state index contributed by atoms with van der Waals surface area (Å²) in [6.07, 6.45) is 2.14. The molecular weight excluding hydrogens is 440 g/mol. The van der Waals surface area contributed by atoms with Gasteiger partial charge in [0.1, 0.15) is 5.69 Å². The van der Waals surface area contributed by atoms with Gasteiger partial charge in [0.05, 0.1) is 30.3 Å². The van der Waals surface area contributed by atoms with Gasteiger partial charge in [-0.25, -0.2) is 4.98 Å². The second kappa shape index (κ2) is 8.17. The molecule has 0 unspecified atom stereocenters. The molecule has 186 valence electrons. The molecule has 4 atom stereocenters. The van der Waals surface area contributed by atoms with Crippen LogP contribution in [0, 0.1) is 24.2 Å². The van der Waals surface area contributed by atoms with E-state index in [1.54, 1.807) is 0 Å². The van der Waals surface area contributed by atoms with Gasteiger partial charge in [0, 0.05) is 36.6 Å². The van der Waals surface area contributed by atoms with Gasteiger partial charge < -0.3 is 14.6 Å². The fourth-order valence-electron chi connectivity index (χ4n) is 6.52. The molecule has 0 spiro atoms. The maximum absolute atomic E-state index is 13.5. The summed E-state index contributed by atoms with van der Waals surface area (Å²) in [6, 6.07) is 3.97. The first-order valence-electron chi connectivity index (χ1n) is 13.0. The predicted molar refractivity (Wildman–Crippen MR) is 136 cm³/mol. The highest BCUT2D eigenvalue weighted by Gasteiger charge is 2.60. The average molecular weight is 477 g/mol. The van der Waals surface area contributed by atoms with Crippen molar-refractivity contribution in [2.75, 3.05) is 37.7 Å². The van der Waals surface area contributed by atoms with E-state index < -0.39 is 0 Å². The van der Waals surface area contributed by atoms with Crippen LogP contribution in [0.2, 0.25) is 0 Å². The normalized spacial score (nSPS) is 26.9. The predicted octanol–water partition coefficient (Wildman–Crippen LogP) is 3.71. The van der Waals surface area contributed by atoms with Gasteiger partial charge in [-0.15, -0.1) is 0 Å². The largest absolute Gasteiger partial charge is 0.379 e. The number of aromatic nitrogens is 4. The standard InChI is InChI=1S/C27H36N6O2/c1-6-33(26(34)17(4)32-7-9-35-10-8-32)23-13-21-20(11-15(23)2)28-25(29-21)24-18-12-19-16(3)27(19,5)14-22(18)30-31-24/h11,13,16-17,19H,6-10,12,14H2,1-5H3,(H,28,29)(H,30,31)/t16-,17-,19+,27-/m0/s1. The summed E-state index contributed by atoms with van der Waals surface area (Å²) < 4.78 is 5.47. The first-order chi connectivity index (χ1) is 16.8. The van der Waals surface area contributed by atoms with Crippen LogP contribution in [0.5, 0.6) is 0 Å². The van der Waals surface area contributed by atoms with Crippen LogP contribution in [-0.4, -0.2) is 69.9 Å². The van der Waals surface area contributed by atoms with Gasteiger partial charge in [-0.1, -0.05) is 13.8 Å². The Morgan fingerprint density at radius 2 is 2.11 bits per heavy atom. The summed E-state index contributed by atoms with van der Waals surface area (Å²) in [5, 5.41) is 7.98. The lowest BCUT2D eigenvalue weighted by molar-refractivity contribution is -0.124. The first kappa shape index (κ1) is 22.7. The van der Waals surface area contributed by atoms with Crippen LogP contribution in [0.15, 0.2) is 12.1 Å². The van der Waals surface area contributed by atoms with E-state index in [-0.39, 0.29) is 11.9 Å². The smallest absolute Gasteiger partial charge is 0.244 e. The van der Waals surface area contributed by atoms with E-state index >= 15 is 0 Å². The zero-order valence-electron chi connectivity index (χ0n) is 21.4. The molecule has 2 fully saturated rings. The summed E-state index contributed by atoms with van der Waals surface area (Å²) in [5.74, 6) is 2.43. The van der Waals surface area contributed by atoms with E-state index in [0.29, 0.717) is 25.2 Å². The molecule has 6 rings (SSSR count). The van der Waals surface area contributed by atoms with Gasteiger partial charge >= 0.3 is 0 Å². The number of nitrogens with zero attached hydrogens (tertiary/aromatic N) is 4. The van der Waals surface area contributed by atoms with Gasteiger partial charge in [-0.3, -0.25) is 14.8 Å². The molecule has 1 aliphatic heterocycles. The van der Waals surface area contributed by atoms with Crippen molar-refractivity contribution >= 4 is 22.6 Å². The van der Waals surface area contributed by atoms with E-state index in [1.165, 1.54) is 11.3 Å². The molecule has 3 aromatic rings. The third-order valence-electron chi connectivity index (χ3n) is 9.16. The number of benzene rings is 1. The Hall–Kier alpha value is -2.71. The highest BCUT2D eigenvalue weighted by molar-refractivity contribution is 5.99. The molecule has 8 heteroatoms. The monoisotopic (exact) mass is 476 g/mol. The molecule has 1 saturated carbocycles. The quantitative estimate of drug-likeness (QED) is 0.586. The van der Waals surface area contributed by atoms with Crippen molar-refractivity contribution in [1.82, 2.24) is 25.1 Å². The number of aromatic amines is 2. The Bertz CT molecular complexity index is 1290. The van der Waals surface area contributed by atoms with E-state index in [2.05, 4.69) is 53.0 Å². The van der Waals surface area contributed by atoms with Gasteiger partial charge in [-0.05, 0) is 68.6 Å². The SMILES string of the molecule is CCN(C(=O)[C@H](C)N1CCOCC1)c1cc2nc(-c3n[nH]c4c3C[C@@H]3[C@H](C)[C@]3(C)C4)[nH]c2cc1C. The summed E-state index contributed by atoms with van der Waals surface area (Å²) in [6.45, 7) is 14.4. The lowest BCUT2D eigenvalue weighted by atomic mass is 9.87. The summed E-state index contributed by atoms with van der Waals surface area (Å²) in [7, 11) is 0. The Balaban J connectivity index is 1.31. The molecule has 1 aromatic carbocycles. The lowest BCUT2D eigenvalue weighted by Gasteiger charge is -2.34. The van der Waals surface area contributed by atoms with E-state index in [1.807, 2.05) is 18.7 Å². The zero-order chi connectivity index (χ0) is 24.5. The van der Waals surface area contributed by atoms with Gasteiger partial charge in [0.25, 0.3) is 0 Å². The van der Waals surface area contributed by atoms with Crippen molar-refractivity contribution in [3.8, 4) is 11.5 Å². The average Bonchev–Trinajstić information content (AvgIpc) is 3.19. The van der Waals surface area contributed by atoms with Crippen LogP contribution in [0.25, 0.3) is 22.6 Å². The van der Waals surface area contributed by atoms with Gasteiger partial charge in [0.15, 0.2) is 5.82 Å². The summed E-state index contributed by atoms with van der Waals surface area (Å²) >= 11 is 0. The molecule has 1 saturated heterocycles. The molecule has 2 N–H and O–H groups in total. The number of hydrogen-bond donors (Lipinski definition) is 2. The number of morpholine rings is 1. The minimum absolute atomic E-state index is 0.121. The number of ether oxygens (including phenoxy) is 1. The van der Waals surface area contributed by atoms with Crippen molar-refractivity contribution < 1.29 is 9.53 Å². The number of amides is 1. The topological polar surface area (TPSA) is 90.1 Å². The van der Waals surface area contributed by atoms with Crippen LogP contribution >= 0.6 is 0 Å². The minimum atomic E-state index is -0.185. The number of fused-ring (bicyclic) bond motifs is 3. The van der Waals surface area contributed by atoms with Crippen molar-refractivity contribution in [2.24, 2.45) is 17.3 Å². The Morgan fingerprint density at radius 1 is 1.34 bits per heavy atom. The summed E-state index contributed by atoms with van der Waals surface area (Å²) in [5.41, 5.74) is 7.77. The zero-order valence-corrected chi connectivity index (χ0v) is 21.4.